The van der Waals surface area contributed by atoms with Crippen molar-refractivity contribution in [2.45, 2.75) is 53.0 Å². The van der Waals surface area contributed by atoms with Crippen molar-refractivity contribution in [3.8, 4) is 0 Å². The number of nitrogens with zero attached hydrogens (tertiary/aromatic N) is 4. The van der Waals surface area contributed by atoms with Crippen LogP contribution in [0.3, 0.4) is 0 Å². The summed E-state index contributed by atoms with van der Waals surface area (Å²) >= 11 is 0. The molecular weight excluding hydrogens is 338 g/mol. The van der Waals surface area contributed by atoms with Gasteiger partial charge in [0.1, 0.15) is 11.6 Å². The molecule has 1 aliphatic heterocycles. The molecule has 142 valence electrons. The van der Waals surface area contributed by atoms with Crippen LogP contribution in [0.2, 0.25) is 0 Å². The zero-order valence-corrected chi connectivity index (χ0v) is 16.8. The second-order valence-electron chi connectivity index (χ2n) is 7.10. The van der Waals surface area contributed by atoms with Crippen LogP contribution >= 0.6 is 12.4 Å². The average molecular weight is 370 g/mol. The van der Waals surface area contributed by atoms with Crippen LogP contribution in [0.1, 0.15) is 51.6 Å². The molecule has 2 heterocycles. The third-order valence-corrected chi connectivity index (χ3v) is 4.83. The molecule has 2 N–H and O–H groups in total. The van der Waals surface area contributed by atoms with Crippen LogP contribution in [0.5, 0.6) is 0 Å². The van der Waals surface area contributed by atoms with Crippen LogP contribution in [0, 0.1) is 12.8 Å². The number of piperazine rings is 1. The number of nitrogens with two attached hydrogens (primary N) is 1. The van der Waals surface area contributed by atoms with E-state index in [0.29, 0.717) is 19.0 Å². The van der Waals surface area contributed by atoms with Crippen molar-refractivity contribution in [2.24, 2.45) is 11.7 Å². The fourth-order valence-corrected chi connectivity index (χ4v) is 2.86. The molecule has 2 atom stereocenters. The van der Waals surface area contributed by atoms with Crippen molar-refractivity contribution < 1.29 is 4.79 Å². The molecule has 0 aromatic carbocycles. The molecule has 1 aliphatic rings. The van der Waals surface area contributed by atoms with Gasteiger partial charge in [-0.15, -0.1) is 12.4 Å². The predicted octanol–water partition coefficient (Wildman–Crippen LogP) is 2.35. The minimum absolute atomic E-state index is 0. The summed E-state index contributed by atoms with van der Waals surface area (Å²) in [6, 6.07) is 1.63. The standard InChI is InChI=1S/C18H31N5O.ClH/c1-6-13(4)16(19)18(24)23-9-7-22(8-10-23)15-11-14(5)20-17(21-15)12(2)3;/h11-13,16H,6-10,19H2,1-5H3;1H. The van der Waals surface area contributed by atoms with E-state index in [2.05, 4.69) is 35.6 Å². The van der Waals surface area contributed by atoms with Gasteiger partial charge in [-0.3, -0.25) is 4.79 Å². The van der Waals surface area contributed by atoms with E-state index in [9.17, 15) is 4.79 Å². The molecule has 0 bridgehead atoms. The molecule has 0 radical (unpaired) electrons. The van der Waals surface area contributed by atoms with Crippen LogP contribution in [-0.4, -0.2) is 53.0 Å². The fraction of sp³-hybridized carbons (Fsp3) is 0.722. The Labute approximate surface area is 157 Å². The summed E-state index contributed by atoms with van der Waals surface area (Å²) in [6.45, 7) is 13.3. The van der Waals surface area contributed by atoms with Crippen molar-refractivity contribution in [2.75, 3.05) is 31.1 Å². The van der Waals surface area contributed by atoms with E-state index in [0.717, 1.165) is 36.8 Å². The van der Waals surface area contributed by atoms with Crippen molar-refractivity contribution in [1.82, 2.24) is 14.9 Å². The highest BCUT2D eigenvalue weighted by atomic mass is 35.5. The SMILES string of the molecule is CCC(C)C(N)C(=O)N1CCN(c2cc(C)nc(C(C)C)n2)CC1.Cl. The number of aryl methyl sites for hydroxylation is 1. The topological polar surface area (TPSA) is 75.4 Å². The highest BCUT2D eigenvalue weighted by Gasteiger charge is 2.28. The second-order valence-corrected chi connectivity index (χ2v) is 7.10. The molecule has 1 amide bonds. The van der Waals surface area contributed by atoms with Crippen LogP contribution in [-0.2, 0) is 4.79 Å². The number of hydrogen-bond acceptors (Lipinski definition) is 5. The van der Waals surface area contributed by atoms with Crippen LogP contribution in [0.15, 0.2) is 6.07 Å². The zero-order chi connectivity index (χ0) is 17.9. The average Bonchev–Trinajstić information content (AvgIpc) is 2.59. The Hall–Kier alpha value is -1.40. The lowest BCUT2D eigenvalue weighted by Crippen LogP contribution is -2.54. The van der Waals surface area contributed by atoms with Crippen LogP contribution in [0.4, 0.5) is 5.82 Å². The summed E-state index contributed by atoms with van der Waals surface area (Å²) in [5, 5.41) is 0. The maximum absolute atomic E-state index is 12.5. The van der Waals surface area contributed by atoms with Gasteiger partial charge < -0.3 is 15.5 Å². The number of halogens is 1. The van der Waals surface area contributed by atoms with E-state index in [-0.39, 0.29) is 24.2 Å². The molecule has 0 spiro atoms. The van der Waals surface area contributed by atoms with E-state index in [1.54, 1.807) is 0 Å². The first-order valence-corrected chi connectivity index (χ1v) is 8.98. The van der Waals surface area contributed by atoms with Gasteiger partial charge in [0.25, 0.3) is 0 Å². The van der Waals surface area contributed by atoms with E-state index in [4.69, 9.17) is 5.73 Å². The Morgan fingerprint density at radius 2 is 1.80 bits per heavy atom. The molecule has 6 nitrogen and oxygen atoms in total. The highest BCUT2D eigenvalue weighted by molar-refractivity contribution is 5.85. The number of aromatic nitrogens is 2. The molecule has 1 aromatic heterocycles. The number of amides is 1. The Kier molecular flexibility index (Phi) is 8.09. The predicted molar refractivity (Wildman–Crippen MR) is 104 cm³/mol. The molecule has 1 saturated heterocycles. The van der Waals surface area contributed by atoms with Crippen molar-refractivity contribution >= 4 is 24.1 Å². The van der Waals surface area contributed by atoms with Gasteiger partial charge in [-0.2, -0.15) is 0 Å². The van der Waals surface area contributed by atoms with Crippen LogP contribution < -0.4 is 10.6 Å². The van der Waals surface area contributed by atoms with Crippen molar-refractivity contribution in [1.29, 1.82) is 0 Å². The van der Waals surface area contributed by atoms with Crippen LogP contribution in [0.25, 0.3) is 0 Å². The molecular formula is C18H32ClN5O. The molecule has 0 aliphatic carbocycles. The monoisotopic (exact) mass is 369 g/mol. The maximum atomic E-state index is 12.5. The lowest BCUT2D eigenvalue weighted by molar-refractivity contribution is -0.134. The number of carbonyl (C=O) groups is 1. The molecule has 1 aromatic rings. The minimum Gasteiger partial charge on any atom is -0.353 e. The Morgan fingerprint density at radius 3 is 2.32 bits per heavy atom. The number of anilines is 1. The van der Waals surface area contributed by atoms with Gasteiger partial charge in [-0.25, -0.2) is 9.97 Å². The number of hydrogen-bond donors (Lipinski definition) is 1. The normalized spacial score (nSPS) is 17.2. The third kappa shape index (κ3) is 5.28. The Balaban J connectivity index is 0.00000312. The van der Waals surface area contributed by atoms with Crippen molar-refractivity contribution in [3.05, 3.63) is 17.6 Å². The second kappa shape index (κ2) is 9.34. The maximum Gasteiger partial charge on any atom is 0.239 e. The quantitative estimate of drug-likeness (QED) is 0.862. The summed E-state index contributed by atoms with van der Waals surface area (Å²) < 4.78 is 0. The summed E-state index contributed by atoms with van der Waals surface area (Å²) in [5.41, 5.74) is 7.08. The molecule has 1 fully saturated rings. The van der Waals surface area contributed by atoms with E-state index in [1.165, 1.54) is 0 Å². The summed E-state index contributed by atoms with van der Waals surface area (Å²) in [5.74, 6) is 2.44. The van der Waals surface area contributed by atoms with Gasteiger partial charge in [-0.05, 0) is 12.8 Å². The third-order valence-electron chi connectivity index (χ3n) is 4.83. The van der Waals surface area contributed by atoms with Gasteiger partial charge in [0.2, 0.25) is 5.91 Å². The fourth-order valence-electron chi connectivity index (χ4n) is 2.86. The molecule has 2 rings (SSSR count). The Morgan fingerprint density at radius 1 is 1.20 bits per heavy atom. The van der Waals surface area contributed by atoms with E-state index in [1.807, 2.05) is 24.8 Å². The zero-order valence-electron chi connectivity index (χ0n) is 16.0. The lowest BCUT2D eigenvalue weighted by Gasteiger charge is -2.37. The molecule has 7 heteroatoms. The Bertz CT molecular complexity index is 573. The first-order chi connectivity index (χ1) is 11.3. The van der Waals surface area contributed by atoms with Crippen molar-refractivity contribution in [3.63, 3.8) is 0 Å². The van der Waals surface area contributed by atoms with Gasteiger partial charge in [0.15, 0.2) is 0 Å². The molecule has 2 unspecified atom stereocenters. The van der Waals surface area contributed by atoms with Gasteiger partial charge in [-0.1, -0.05) is 34.1 Å². The summed E-state index contributed by atoms with van der Waals surface area (Å²) in [4.78, 5) is 25.8. The van der Waals surface area contributed by atoms with Gasteiger partial charge >= 0.3 is 0 Å². The first kappa shape index (κ1) is 21.6. The number of rotatable bonds is 5. The smallest absolute Gasteiger partial charge is 0.239 e. The molecule has 25 heavy (non-hydrogen) atoms. The largest absolute Gasteiger partial charge is 0.353 e. The van der Waals surface area contributed by atoms with E-state index >= 15 is 0 Å². The molecule has 0 saturated carbocycles. The minimum atomic E-state index is -0.393. The summed E-state index contributed by atoms with van der Waals surface area (Å²) in [7, 11) is 0. The highest BCUT2D eigenvalue weighted by Crippen LogP contribution is 2.19. The van der Waals surface area contributed by atoms with E-state index < -0.39 is 6.04 Å². The number of carbonyl (C=O) groups excluding carboxylic acids is 1. The van der Waals surface area contributed by atoms with Gasteiger partial charge in [0, 0.05) is 43.9 Å². The summed E-state index contributed by atoms with van der Waals surface area (Å²) in [6.07, 6.45) is 0.922. The first-order valence-electron chi connectivity index (χ1n) is 8.98. The lowest BCUT2D eigenvalue weighted by atomic mass is 9.98. The van der Waals surface area contributed by atoms with Gasteiger partial charge in [0.05, 0.1) is 6.04 Å².